The number of hydrogen-bond acceptors (Lipinski definition) is 9. The molecule has 0 fully saturated rings. The maximum atomic E-state index is 13.1. The smallest absolute Gasteiger partial charge is 0.338 e. The van der Waals surface area contributed by atoms with E-state index in [2.05, 4.69) is 20.8 Å². The summed E-state index contributed by atoms with van der Waals surface area (Å²) in [5, 5.41) is 15.1. The van der Waals surface area contributed by atoms with Gasteiger partial charge in [-0.05, 0) is 55.7 Å². The first kappa shape index (κ1) is 28.9. The van der Waals surface area contributed by atoms with Crippen LogP contribution in [0, 0.1) is 5.92 Å². The van der Waals surface area contributed by atoms with Crippen molar-refractivity contribution in [2.45, 2.75) is 51.9 Å². The van der Waals surface area contributed by atoms with Crippen molar-refractivity contribution in [1.82, 2.24) is 20.1 Å². The van der Waals surface area contributed by atoms with Gasteiger partial charge in [0.05, 0.1) is 24.0 Å². The zero-order valence-corrected chi connectivity index (χ0v) is 23.7. The molecule has 2 amide bonds. The highest BCUT2D eigenvalue weighted by Gasteiger charge is 2.27. The van der Waals surface area contributed by atoms with E-state index in [0.29, 0.717) is 52.4 Å². The fourth-order valence-corrected chi connectivity index (χ4v) is 4.86. The Labute approximate surface area is 237 Å². The second kappa shape index (κ2) is 13.3. The van der Waals surface area contributed by atoms with E-state index in [0.717, 1.165) is 6.42 Å². The van der Waals surface area contributed by atoms with E-state index in [9.17, 15) is 14.4 Å². The third-order valence-corrected chi connectivity index (χ3v) is 7.05. The zero-order chi connectivity index (χ0) is 28.6. The molecule has 1 unspecified atom stereocenters. The number of thioether (sulfide) groups is 1. The van der Waals surface area contributed by atoms with Gasteiger partial charge in [-0.1, -0.05) is 38.6 Å². The molecule has 40 heavy (non-hydrogen) atoms. The Morgan fingerprint density at radius 3 is 2.60 bits per heavy atom. The predicted octanol–water partition coefficient (Wildman–Crippen LogP) is 4.45. The second-order valence-corrected chi connectivity index (χ2v) is 10.3. The summed E-state index contributed by atoms with van der Waals surface area (Å²) in [5.41, 5.74) is 1.32. The summed E-state index contributed by atoms with van der Waals surface area (Å²) in [6.45, 7) is 8.88. The molecule has 1 atom stereocenters. The zero-order valence-electron chi connectivity index (χ0n) is 22.9. The molecule has 2 N–H and O–H groups in total. The number of rotatable bonds is 12. The first-order valence-corrected chi connectivity index (χ1v) is 14.1. The lowest BCUT2D eigenvalue weighted by atomic mass is 10.0. The van der Waals surface area contributed by atoms with Crippen molar-refractivity contribution in [2.75, 3.05) is 24.5 Å². The molecule has 0 radical (unpaired) electrons. The maximum absolute atomic E-state index is 13.1. The number of fused-ring (bicyclic) bond motifs is 1. The third-order valence-electron chi connectivity index (χ3n) is 6.08. The van der Waals surface area contributed by atoms with Crippen LogP contribution in [0.5, 0.6) is 11.5 Å². The molecule has 2 aromatic carbocycles. The highest BCUT2D eigenvalue weighted by atomic mass is 32.2. The summed E-state index contributed by atoms with van der Waals surface area (Å²) in [4.78, 5) is 37.9. The number of aromatic nitrogens is 3. The summed E-state index contributed by atoms with van der Waals surface area (Å²) in [5.74, 6) is 0.892. The Hall–Kier alpha value is -4.06. The van der Waals surface area contributed by atoms with Crippen LogP contribution in [0.25, 0.3) is 0 Å². The van der Waals surface area contributed by atoms with Crippen LogP contribution < -0.4 is 20.1 Å². The van der Waals surface area contributed by atoms with Crippen LogP contribution in [-0.2, 0) is 16.1 Å². The number of carbonyl (C=O) groups excluding carboxylic acids is 3. The number of anilines is 1. The maximum Gasteiger partial charge on any atom is 0.338 e. The van der Waals surface area contributed by atoms with E-state index in [4.69, 9.17) is 14.2 Å². The largest absolute Gasteiger partial charge is 0.462 e. The number of esters is 1. The summed E-state index contributed by atoms with van der Waals surface area (Å²) in [6, 6.07) is 11.3. The molecule has 0 saturated carbocycles. The van der Waals surface area contributed by atoms with Crippen molar-refractivity contribution in [3.05, 3.63) is 59.4 Å². The molecule has 212 valence electrons. The lowest BCUT2D eigenvalue weighted by Gasteiger charge is -2.22. The average Bonchev–Trinajstić information content (AvgIpc) is 3.59. The lowest BCUT2D eigenvalue weighted by molar-refractivity contribution is -0.113. The number of benzene rings is 2. The van der Waals surface area contributed by atoms with E-state index in [1.54, 1.807) is 42.5 Å². The molecule has 4 rings (SSSR count). The van der Waals surface area contributed by atoms with Crippen molar-refractivity contribution in [3.63, 3.8) is 0 Å². The fraction of sp³-hybridized carbons (Fsp3) is 0.393. The summed E-state index contributed by atoms with van der Waals surface area (Å²) in [7, 11) is 0. The fourth-order valence-electron chi connectivity index (χ4n) is 4.05. The van der Waals surface area contributed by atoms with Gasteiger partial charge in [0.1, 0.15) is 0 Å². The molecule has 11 nitrogen and oxygen atoms in total. The molecule has 1 aliphatic heterocycles. The van der Waals surface area contributed by atoms with Crippen LogP contribution in [0.3, 0.4) is 0 Å². The minimum absolute atomic E-state index is 0.0184. The number of carbonyl (C=O) groups is 3. The molecular weight excluding hydrogens is 534 g/mol. The van der Waals surface area contributed by atoms with Gasteiger partial charge >= 0.3 is 5.97 Å². The third kappa shape index (κ3) is 6.92. The minimum atomic E-state index is -0.429. The van der Waals surface area contributed by atoms with Gasteiger partial charge in [0.15, 0.2) is 22.5 Å². The Morgan fingerprint density at radius 1 is 1.05 bits per heavy atom. The van der Waals surface area contributed by atoms with Gasteiger partial charge in [0.2, 0.25) is 12.7 Å². The molecule has 0 aliphatic carbocycles. The number of hydrogen-bond donors (Lipinski definition) is 2. The van der Waals surface area contributed by atoms with E-state index in [-0.39, 0.29) is 30.3 Å². The molecule has 12 heteroatoms. The van der Waals surface area contributed by atoms with Crippen LogP contribution in [0.1, 0.15) is 66.7 Å². The highest BCUT2D eigenvalue weighted by molar-refractivity contribution is 7.99. The minimum Gasteiger partial charge on any atom is -0.462 e. The van der Waals surface area contributed by atoms with Crippen molar-refractivity contribution in [2.24, 2.45) is 5.92 Å². The quantitative estimate of drug-likeness (QED) is 0.240. The molecule has 1 aliphatic rings. The van der Waals surface area contributed by atoms with Crippen molar-refractivity contribution in [3.8, 4) is 11.5 Å². The van der Waals surface area contributed by atoms with Gasteiger partial charge in [-0.3, -0.25) is 9.59 Å². The van der Waals surface area contributed by atoms with Crippen LogP contribution in [0.4, 0.5) is 5.69 Å². The second-order valence-electron chi connectivity index (χ2n) is 9.40. The van der Waals surface area contributed by atoms with Crippen molar-refractivity contribution in [1.29, 1.82) is 0 Å². The van der Waals surface area contributed by atoms with E-state index in [1.807, 2.05) is 32.3 Å². The summed E-state index contributed by atoms with van der Waals surface area (Å²) >= 11 is 1.24. The Bertz CT molecular complexity index is 1370. The van der Waals surface area contributed by atoms with Gasteiger partial charge in [-0.2, -0.15) is 0 Å². The molecule has 0 bridgehead atoms. The molecule has 0 spiro atoms. The van der Waals surface area contributed by atoms with E-state index >= 15 is 0 Å². The summed E-state index contributed by atoms with van der Waals surface area (Å²) < 4.78 is 17.8. The number of amides is 2. The van der Waals surface area contributed by atoms with Crippen molar-refractivity contribution < 1.29 is 28.6 Å². The van der Waals surface area contributed by atoms with Crippen LogP contribution in [-0.4, -0.2) is 51.7 Å². The van der Waals surface area contributed by atoms with E-state index in [1.165, 1.54) is 11.8 Å². The standard InChI is InChI=1S/C28H33N5O6S/c1-5-12-37-27(36)19-8-7-9-20(13-19)29-23(34)15-40-28-32-31-25(33(28)6-2)24(17(3)4)30-26(35)18-10-11-21-22(14-18)39-16-38-21/h7-11,13-14,17,24H,5-6,12,15-16H2,1-4H3,(H,29,34)(H,30,35). The SMILES string of the molecule is CCCOC(=O)c1cccc(NC(=O)CSc2nnc(C(NC(=O)c3ccc4c(c3)OCO4)C(C)C)n2CC)c1. The Balaban J connectivity index is 1.40. The first-order valence-electron chi connectivity index (χ1n) is 13.1. The van der Waals surface area contributed by atoms with Crippen LogP contribution >= 0.6 is 11.8 Å². The number of ether oxygens (including phenoxy) is 3. The van der Waals surface area contributed by atoms with E-state index < -0.39 is 12.0 Å². The topological polar surface area (TPSA) is 134 Å². The number of nitrogens with one attached hydrogen (secondary N) is 2. The summed E-state index contributed by atoms with van der Waals surface area (Å²) in [6.07, 6.45) is 0.730. The normalized spacial score (nSPS) is 12.7. The van der Waals surface area contributed by atoms with Gasteiger partial charge in [0, 0.05) is 17.8 Å². The molecular formula is C28H33N5O6S. The van der Waals surface area contributed by atoms with Gasteiger partial charge in [0.25, 0.3) is 5.91 Å². The molecule has 2 heterocycles. The number of nitrogens with zero attached hydrogens (tertiary/aromatic N) is 3. The first-order chi connectivity index (χ1) is 19.3. The molecule has 1 aromatic heterocycles. The van der Waals surface area contributed by atoms with Crippen molar-refractivity contribution >= 4 is 35.2 Å². The lowest BCUT2D eigenvalue weighted by Crippen LogP contribution is -2.33. The monoisotopic (exact) mass is 567 g/mol. The highest BCUT2D eigenvalue weighted by Crippen LogP contribution is 2.33. The van der Waals surface area contributed by atoms with Gasteiger partial charge < -0.3 is 29.4 Å². The molecule has 3 aromatic rings. The average molecular weight is 568 g/mol. The van der Waals surface area contributed by atoms with Gasteiger partial charge in [-0.25, -0.2) is 4.79 Å². The Morgan fingerprint density at radius 2 is 1.85 bits per heavy atom. The van der Waals surface area contributed by atoms with Gasteiger partial charge in [-0.15, -0.1) is 10.2 Å². The molecule has 0 saturated heterocycles. The van der Waals surface area contributed by atoms with Crippen LogP contribution in [0.15, 0.2) is 47.6 Å². The Kier molecular flexibility index (Phi) is 9.65. The van der Waals surface area contributed by atoms with Crippen LogP contribution in [0.2, 0.25) is 0 Å². The predicted molar refractivity (Wildman–Crippen MR) is 150 cm³/mol.